The first-order chi connectivity index (χ1) is 6.56. The number of aromatic carboxylic acids is 2. The van der Waals surface area contributed by atoms with Crippen LogP contribution in [0.5, 0.6) is 5.88 Å². The van der Waals surface area contributed by atoms with Gasteiger partial charge in [-0.15, -0.1) is 0 Å². The normalized spacial score (nSPS) is 9.43. The Hall–Kier alpha value is -2.31. The first-order valence-corrected chi connectivity index (χ1v) is 3.36. The lowest BCUT2D eigenvalue weighted by atomic mass is 10.2. The van der Waals surface area contributed by atoms with E-state index in [1.54, 1.807) is 0 Å². The zero-order chi connectivity index (χ0) is 10.7. The van der Waals surface area contributed by atoms with E-state index in [0.717, 1.165) is 6.07 Å². The van der Waals surface area contributed by atoms with Gasteiger partial charge in [-0.2, -0.15) is 0 Å². The van der Waals surface area contributed by atoms with Crippen molar-refractivity contribution in [1.82, 2.24) is 4.98 Å². The van der Waals surface area contributed by atoms with Gasteiger partial charge >= 0.3 is 11.9 Å². The lowest BCUT2D eigenvalue weighted by Crippen LogP contribution is -2.05. The summed E-state index contributed by atoms with van der Waals surface area (Å²) in [6, 6.07) is 0.917. The topological polar surface area (TPSA) is 117 Å². The molecule has 1 aromatic heterocycles. The molecule has 0 unspecified atom stereocenters. The van der Waals surface area contributed by atoms with Crippen molar-refractivity contribution in [3.05, 3.63) is 17.3 Å². The summed E-state index contributed by atoms with van der Waals surface area (Å²) in [4.78, 5) is 33.0. The first kappa shape index (κ1) is 9.78. The minimum Gasteiger partial charge on any atom is -0.478 e. The third-order valence-electron chi connectivity index (χ3n) is 1.41. The van der Waals surface area contributed by atoms with Gasteiger partial charge in [0.2, 0.25) is 5.88 Å². The first-order valence-electron chi connectivity index (χ1n) is 3.36. The highest BCUT2D eigenvalue weighted by molar-refractivity contribution is 6.01. The number of carbonyl (C=O) groups excluding carboxylic acids is 1. The molecular formula is C7H5NO6. The van der Waals surface area contributed by atoms with E-state index in [-0.39, 0.29) is 12.4 Å². The van der Waals surface area contributed by atoms with E-state index in [2.05, 4.69) is 9.72 Å². The van der Waals surface area contributed by atoms with Gasteiger partial charge < -0.3 is 19.9 Å². The Kier molecular flexibility index (Phi) is 2.52. The number of aromatic amines is 1. The predicted octanol–water partition coefficient (Wildman–Crippen LogP) is -0.0537. The summed E-state index contributed by atoms with van der Waals surface area (Å²) in [6.45, 7) is 0.0586. The molecule has 1 heterocycles. The van der Waals surface area contributed by atoms with Crippen molar-refractivity contribution in [3.63, 3.8) is 0 Å². The number of carboxylic acids is 2. The van der Waals surface area contributed by atoms with Crippen LogP contribution in [0.1, 0.15) is 20.8 Å². The standard InChI is InChI=1S/C7H5NO6/c9-2-14-4-1-3(6(10)11)5(8-4)7(12)13/h1-2,8H,(H,10,11)(H,12,13). The Labute approximate surface area is 76.9 Å². The van der Waals surface area contributed by atoms with Crippen molar-refractivity contribution in [2.24, 2.45) is 0 Å². The lowest BCUT2D eigenvalue weighted by Gasteiger charge is -1.90. The summed E-state index contributed by atoms with van der Waals surface area (Å²) in [7, 11) is 0. The Morgan fingerprint density at radius 2 is 2.00 bits per heavy atom. The summed E-state index contributed by atoms with van der Waals surface area (Å²) < 4.78 is 4.26. The van der Waals surface area contributed by atoms with E-state index in [9.17, 15) is 14.4 Å². The fourth-order valence-corrected chi connectivity index (χ4v) is 0.883. The number of hydrogen-bond acceptors (Lipinski definition) is 4. The van der Waals surface area contributed by atoms with Crippen molar-refractivity contribution in [3.8, 4) is 5.88 Å². The predicted molar refractivity (Wildman–Crippen MR) is 41.4 cm³/mol. The fourth-order valence-electron chi connectivity index (χ4n) is 0.883. The van der Waals surface area contributed by atoms with E-state index < -0.39 is 23.2 Å². The van der Waals surface area contributed by atoms with Crippen molar-refractivity contribution in [2.45, 2.75) is 0 Å². The molecule has 74 valence electrons. The van der Waals surface area contributed by atoms with Crippen molar-refractivity contribution < 1.29 is 29.3 Å². The maximum Gasteiger partial charge on any atom is 0.353 e. The third-order valence-corrected chi connectivity index (χ3v) is 1.41. The van der Waals surface area contributed by atoms with Gasteiger partial charge in [0.25, 0.3) is 6.47 Å². The zero-order valence-electron chi connectivity index (χ0n) is 6.68. The average Bonchev–Trinajstić information content (AvgIpc) is 2.49. The molecule has 0 aromatic carbocycles. The van der Waals surface area contributed by atoms with Crippen LogP contribution in [-0.4, -0.2) is 33.6 Å². The highest BCUT2D eigenvalue weighted by atomic mass is 16.5. The minimum absolute atomic E-state index is 0.0586. The van der Waals surface area contributed by atoms with Crippen LogP contribution in [0.2, 0.25) is 0 Å². The van der Waals surface area contributed by atoms with E-state index >= 15 is 0 Å². The molecule has 0 bridgehead atoms. The second-order valence-electron chi connectivity index (χ2n) is 2.25. The van der Waals surface area contributed by atoms with Crippen molar-refractivity contribution >= 4 is 18.4 Å². The molecule has 7 heteroatoms. The smallest absolute Gasteiger partial charge is 0.353 e. The molecule has 14 heavy (non-hydrogen) atoms. The third kappa shape index (κ3) is 1.71. The van der Waals surface area contributed by atoms with Gasteiger partial charge in [0.05, 0.1) is 5.56 Å². The second kappa shape index (κ2) is 3.60. The van der Waals surface area contributed by atoms with Gasteiger partial charge in [0.15, 0.2) is 0 Å². The van der Waals surface area contributed by atoms with Crippen LogP contribution in [0.4, 0.5) is 0 Å². The van der Waals surface area contributed by atoms with Crippen LogP contribution >= 0.6 is 0 Å². The zero-order valence-corrected chi connectivity index (χ0v) is 6.68. The number of hydrogen-bond donors (Lipinski definition) is 3. The van der Waals surface area contributed by atoms with Gasteiger partial charge in [-0.05, 0) is 0 Å². The van der Waals surface area contributed by atoms with Crippen LogP contribution in [0.25, 0.3) is 0 Å². The SMILES string of the molecule is O=COc1cc(C(=O)O)c(C(=O)O)[nH]1. The van der Waals surface area contributed by atoms with Crippen LogP contribution in [0.3, 0.4) is 0 Å². The molecule has 0 atom stereocenters. The summed E-state index contributed by atoms with van der Waals surface area (Å²) >= 11 is 0. The number of H-pyrrole nitrogens is 1. The molecule has 0 aliphatic carbocycles. The lowest BCUT2D eigenvalue weighted by molar-refractivity contribution is -0.120. The van der Waals surface area contributed by atoms with Crippen LogP contribution < -0.4 is 4.74 Å². The summed E-state index contributed by atoms with van der Waals surface area (Å²) in [5.41, 5.74) is -0.997. The highest BCUT2D eigenvalue weighted by Gasteiger charge is 2.20. The van der Waals surface area contributed by atoms with E-state index in [1.807, 2.05) is 0 Å². The van der Waals surface area contributed by atoms with Crippen molar-refractivity contribution in [1.29, 1.82) is 0 Å². The van der Waals surface area contributed by atoms with Gasteiger partial charge in [0, 0.05) is 6.07 Å². The Balaban J connectivity index is 3.18. The summed E-state index contributed by atoms with van der Waals surface area (Å²) in [5.74, 6) is -3.09. The Bertz CT molecular complexity index is 361. The van der Waals surface area contributed by atoms with Gasteiger partial charge in [0.1, 0.15) is 5.69 Å². The molecule has 3 N–H and O–H groups in total. The molecule has 7 nitrogen and oxygen atoms in total. The molecule has 1 rings (SSSR count). The quantitative estimate of drug-likeness (QED) is 0.585. The minimum atomic E-state index is -1.44. The number of aromatic nitrogens is 1. The molecule has 0 saturated heterocycles. The fraction of sp³-hybridized carbons (Fsp3) is 0. The maximum absolute atomic E-state index is 10.5. The Morgan fingerprint density at radius 1 is 1.36 bits per heavy atom. The van der Waals surface area contributed by atoms with E-state index in [4.69, 9.17) is 10.2 Å². The van der Waals surface area contributed by atoms with Gasteiger partial charge in [-0.25, -0.2) is 9.59 Å². The molecule has 0 saturated carbocycles. The van der Waals surface area contributed by atoms with E-state index in [0.29, 0.717) is 0 Å². The molecule has 1 aromatic rings. The molecule has 0 amide bonds. The number of ether oxygens (including phenoxy) is 1. The van der Waals surface area contributed by atoms with Crippen LogP contribution in [-0.2, 0) is 4.79 Å². The Morgan fingerprint density at radius 3 is 2.36 bits per heavy atom. The number of carbonyl (C=O) groups is 3. The molecule has 0 fully saturated rings. The molecule has 0 aliphatic heterocycles. The van der Waals surface area contributed by atoms with Crippen LogP contribution in [0.15, 0.2) is 6.07 Å². The summed E-state index contributed by atoms with van der Waals surface area (Å²) in [6.07, 6.45) is 0. The number of rotatable bonds is 4. The van der Waals surface area contributed by atoms with Gasteiger partial charge in [-0.1, -0.05) is 0 Å². The molecule has 0 aliphatic rings. The van der Waals surface area contributed by atoms with Gasteiger partial charge in [-0.3, -0.25) is 4.79 Å². The molecular weight excluding hydrogens is 194 g/mol. The monoisotopic (exact) mass is 199 g/mol. The number of carboxylic acid groups (broad SMARTS) is 2. The van der Waals surface area contributed by atoms with Crippen LogP contribution in [0, 0.1) is 0 Å². The maximum atomic E-state index is 10.5. The number of nitrogens with one attached hydrogen (secondary N) is 1. The molecule has 0 radical (unpaired) electrons. The average molecular weight is 199 g/mol. The highest BCUT2D eigenvalue weighted by Crippen LogP contribution is 2.16. The van der Waals surface area contributed by atoms with E-state index in [1.165, 1.54) is 0 Å². The summed E-state index contributed by atoms with van der Waals surface area (Å²) in [5, 5.41) is 17.1. The second-order valence-corrected chi connectivity index (χ2v) is 2.25. The van der Waals surface area contributed by atoms with Crippen molar-refractivity contribution in [2.75, 3.05) is 0 Å². The largest absolute Gasteiger partial charge is 0.478 e. The molecule has 0 spiro atoms.